The van der Waals surface area contributed by atoms with E-state index in [9.17, 15) is 9.90 Å². The Bertz CT molecular complexity index is 881. The molecule has 0 aromatic heterocycles. The van der Waals surface area contributed by atoms with Crippen molar-refractivity contribution < 1.29 is 9.90 Å². The highest BCUT2D eigenvalue weighted by atomic mass is 16.3. The molecule has 3 heteroatoms. The molecule has 0 bridgehead atoms. The maximum Gasteiger partial charge on any atom is 0.253 e. The second-order valence-electron chi connectivity index (χ2n) is 13.1. The molecule has 4 aliphatic carbocycles. The van der Waals surface area contributed by atoms with Crippen molar-refractivity contribution in [3.63, 3.8) is 0 Å². The lowest BCUT2D eigenvalue weighted by atomic mass is 9.43. The minimum atomic E-state index is -0.440. The molecule has 1 aromatic rings. The van der Waals surface area contributed by atoms with Crippen LogP contribution >= 0.6 is 0 Å². The van der Waals surface area contributed by atoms with Gasteiger partial charge in [0.25, 0.3) is 5.91 Å². The molecule has 0 radical (unpaired) electrons. The number of amides is 1. The van der Waals surface area contributed by atoms with Crippen LogP contribution in [0.15, 0.2) is 30.3 Å². The number of carbonyl (C=O) groups excluding carboxylic acids is 1. The van der Waals surface area contributed by atoms with Crippen molar-refractivity contribution in [2.24, 2.45) is 40.4 Å². The average molecular weight is 452 g/mol. The Morgan fingerprint density at radius 1 is 0.939 bits per heavy atom. The molecule has 1 N–H and O–H groups in total. The van der Waals surface area contributed by atoms with E-state index in [-0.39, 0.29) is 11.9 Å². The summed E-state index contributed by atoms with van der Waals surface area (Å²) in [5, 5.41) is 10.7. The van der Waals surface area contributed by atoms with E-state index < -0.39 is 5.60 Å². The minimum absolute atomic E-state index is 0.156. The van der Waals surface area contributed by atoms with E-state index in [4.69, 9.17) is 0 Å². The van der Waals surface area contributed by atoms with Crippen LogP contribution in [0, 0.1) is 40.4 Å². The SMILES string of the molecule is C[C@H](C1CC[C@@]2(C)[C@@H]3CC[C@@H]4C[C@](C)(O)CC[C@@H]4[C@H]3CC[C@]12C)N(C)C(=O)c1ccccc1. The number of fused-ring (bicyclic) bond motifs is 5. The van der Waals surface area contributed by atoms with E-state index in [1.807, 2.05) is 42.3 Å². The molecule has 1 amide bonds. The Morgan fingerprint density at radius 3 is 2.33 bits per heavy atom. The summed E-state index contributed by atoms with van der Waals surface area (Å²) in [5.74, 6) is 3.93. The number of hydrogen-bond donors (Lipinski definition) is 1. The van der Waals surface area contributed by atoms with E-state index in [1.54, 1.807) is 0 Å². The number of benzene rings is 1. The minimum Gasteiger partial charge on any atom is -0.390 e. The van der Waals surface area contributed by atoms with Crippen LogP contribution in [0.1, 0.15) is 95.8 Å². The monoisotopic (exact) mass is 451 g/mol. The molecular weight excluding hydrogens is 406 g/mol. The maximum absolute atomic E-state index is 13.2. The van der Waals surface area contributed by atoms with Gasteiger partial charge in [0.05, 0.1) is 5.60 Å². The Kier molecular flexibility index (Phi) is 5.75. The van der Waals surface area contributed by atoms with Gasteiger partial charge in [-0.15, -0.1) is 0 Å². The van der Waals surface area contributed by atoms with Gasteiger partial charge in [-0.1, -0.05) is 32.0 Å². The zero-order chi connectivity index (χ0) is 23.6. The summed E-state index contributed by atoms with van der Waals surface area (Å²) in [6.45, 7) is 9.56. The first-order chi connectivity index (χ1) is 15.6. The lowest BCUT2D eigenvalue weighted by Crippen LogP contribution is -2.56. The molecular formula is C30H45NO2. The molecule has 4 aliphatic rings. The molecule has 33 heavy (non-hydrogen) atoms. The zero-order valence-electron chi connectivity index (χ0n) is 21.5. The quantitative estimate of drug-likeness (QED) is 0.565. The van der Waals surface area contributed by atoms with Crippen LogP contribution < -0.4 is 0 Å². The van der Waals surface area contributed by atoms with Gasteiger partial charge in [0.1, 0.15) is 0 Å². The number of rotatable bonds is 3. The molecule has 4 fully saturated rings. The van der Waals surface area contributed by atoms with Gasteiger partial charge in [0.15, 0.2) is 0 Å². The number of aliphatic hydroxyl groups is 1. The van der Waals surface area contributed by atoms with Crippen LogP contribution in [0.25, 0.3) is 0 Å². The zero-order valence-corrected chi connectivity index (χ0v) is 21.5. The number of hydrogen-bond acceptors (Lipinski definition) is 2. The van der Waals surface area contributed by atoms with Gasteiger partial charge in [-0.25, -0.2) is 0 Å². The summed E-state index contributed by atoms with van der Waals surface area (Å²) in [4.78, 5) is 15.3. The van der Waals surface area contributed by atoms with Crippen molar-refractivity contribution in [3.05, 3.63) is 35.9 Å². The summed E-state index contributed by atoms with van der Waals surface area (Å²) in [7, 11) is 2.02. The summed E-state index contributed by atoms with van der Waals surface area (Å²) < 4.78 is 0. The third-order valence-corrected chi connectivity index (χ3v) is 11.7. The Hall–Kier alpha value is -1.35. The Morgan fingerprint density at radius 2 is 1.61 bits per heavy atom. The van der Waals surface area contributed by atoms with Gasteiger partial charge in [-0.2, -0.15) is 0 Å². The molecule has 1 unspecified atom stereocenters. The highest BCUT2D eigenvalue weighted by molar-refractivity contribution is 5.94. The van der Waals surface area contributed by atoms with E-state index >= 15 is 0 Å². The first kappa shape index (κ1) is 23.4. The van der Waals surface area contributed by atoms with E-state index in [0.29, 0.717) is 16.7 Å². The van der Waals surface area contributed by atoms with Crippen LogP contribution in [0.3, 0.4) is 0 Å². The standard InChI is InChI=1S/C30H45NO2/c1-20(31(5)27(32)21-9-7-6-8-10-21)25-15-18-30(4)26-12-11-22-19-28(2,33)16-13-23(22)24(26)14-17-29(25,30)3/h6-10,20,22-26,33H,11-19H2,1-5H3/t20-,22-,23+,24-,25?,26-,28-,29-,30+/m1/s1. The summed E-state index contributed by atoms with van der Waals surface area (Å²) in [6.07, 6.45) is 11.1. The average Bonchev–Trinajstić information content (AvgIpc) is 3.08. The largest absolute Gasteiger partial charge is 0.390 e. The van der Waals surface area contributed by atoms with Crippen LogP contribution in [-0.2, 0) is 0 Å². The molecule has 182 valence electrons. The van der Waals surface area contributed by atoms with Gasteiger partial charge in [0.2, 0.25) is 0 Å². The van der Waals surface area contributed by atoms with E-state index in [2.05, 4.69) is 27.7 Å². The second kappa shape index (κ2) is 8.11. The smallest absolute Gasteiger partial charge is 0.253 e. The van der Waals surface area contributed by atoms with Gasteiger partial charge >= 0.3 is 0 Å². The predicted octanol–water partition coefficient (Wildman–Crippen LogP) is 6.56. The maximum atomic E-state index is 13.2. The predicted molar refractivity (Wildman–Crippen MR) is 134 cm³/mol. The molecule has 0 spiro atoms. The van der Waals surface area contributed by atoms with Crippen molar-refractivity contribution in [1.29, 1.82) is 0 Å². The molecule has 3 nitrogen and oxygen atoms in total. The molecule has 5 rings (SSSR count). The van der Waals surface area contributed by atoms with Crippen LogP contribution in [0.5, 0.6) is 0 Å². The number of carbonyl (C=O) groups is 1. The fourth-order valence-electron chi connectivity index (χ4n) is 9.57. The summed E-state index contributed by atoms with van der Waals surface area (Å²) >= 11 is 0. The first-order valence-corrected chi connectivity index (χ1v) is 13.6. The molecule has 0 aliphatic heterocycles. The molecule has 0 heterocycles. The second-order valence-corrected chi connectivity index (χ2v) is 13.1. The highest BCUT2D eigenvalue weighted by Crippen LogP contribution is 2.71. The van der Waals surface area contributed by atoms with Crippen LogP contribution in [-0.4, -0.2) is 34.6 Å². The van der Waals surface area contributed by atoms with Crippen molar-refractivity contribution in [3.8, 4) is 0 Å². The van der Waals surface area contributed by atoms with Gasteiger partial charge in [-0.3, -0.25) is 4.79 Å². The fourth-order valence-corrected chi connectivity index (χ4v) is 9.57. The third-order valence-electron chi connectivity index (χ3n) is 11.7. The van der Waals surface area contributed by atoms with Gasteiger partial charge in [-0.05, 0) is 124 Å². The van der Waals surface area contributed by atoms with Crippen LogP contribution in [0.4, 0.5) is 0 Å². The topological polar surface area (TPSA) is 40.5 Å². The van der Waals surface area contributed by atoms with Crippen molar-refractivity contribution >= 4 is 5.91 Å². The normalized spacial score (nSPS) is 45.5. The molecule has 9 atom stereocenters. The Balaban J connectivity index is 1.36. The Labute approximate surface area is 201 Å². The van der Waals surface area contributed by atoms with Crippen molar-refractivity contribution in [1.82, 2.24) is 4.90 Å². The lowest BCUT2D eigenvalue weighted by molar-refractivity contribution is -0.141. The van der Waals surface area contributed by atoms with Crippen LogP contribution in [0.2, 0.25) is 0 Å². The molecule has 4 saturated carbocycles. The highest BCUT2D eigenvalue weighted by Gasteiger charge is 2.64. The number of nitrogens with zero attached hydrogens (tertiary/aromatic N) is 1. The van der Waals surface area contributed by atoms with Gasteiger partial charge in [0, 0.05) is 18.7 Å². The summed E-state index contributed by atoms with van der Waals surface area (Å²) in [5.41, 5.74) is 1.03. The fraction of sp³-hybridized carbons (Fsp3) is 0.767. The van der Waals surface area contributed by atoms with Gasteiger partial charge < -0.3 is 10.0 Å². The summed E-state index contributed by atoms with van der Waals surface area (Å²) in [6, 6.07) is 10.0. The van der Waals surface area contributed by atoms with Crippen molar-refractivity contribution in [2.75, 3.05) is 7.05 Å². The lowest BCUT2D eigenvalue weighted by Gasteiger charge is -2.62. The van der Waals surface area contributed by atoms with E-state index in [0.717, 1.165) is 42.1 Å². The first-order valence-electron chi connectivity index (χ1n) is 13.6. The van der Waals surface area contributed by atoms with E-state index in [1.165, 1.54) is 44.9 Å². The molecule has 0 saturated heterocycles. The third kappa shape index (κ3) is 3.60. The van der Waals surface area contributed by atoms with Crippen molar-refractivity contribution in [2.45, 2.75) is 97.1 Å². The molecule has 1 aromatic carbocycles.